The van der Waals surface area contributed by atoms with Crippen LogP contribution in [0.2, 0.25) is 5.02 Å². The van der Waals surface area contributed by atoms with Gasteiger partial charge in [-0.25, -0.2) is 17.5 Å². The number of hydrogen-bond donors (Lipinski definition) is 1. The maximum absolute atomic E-state index is 12.8. The van der Waals surface area contributed by atoms with Crippen molar-refractivity contribution in [2.45, 2.75) is 33.1 Å². The van der Waals surface area contributed by atoms with Crippen LogP contribution in [0.3, 0.4) is 0 Å². The Bertz CT molecular complexity index is 1250. The predicted octanol–water partition coefficient (Wildman–Crippen LogP) is 3.99. The van der Waals surface area contributed by atoms with Crippen molar-refractivity contribution < 1.29 is 23.1 Å². The van der Waals surface area contributed by atoms with Crippen molar-refractivity contribution in [2.75, 3.05) is 19.4 Å². The summed E-state index contributed by atoms with van der Waals surface area (Å²) >= 11 is 6.25. The number of carbonyl (C=O) groups is 1. The van der Waals surface area contributed by atoms with Crippen LogP contribution in [-0.2, 0) is 23.5 Å². The largest absolute Gasteiger partial charge is 0.495 e. The predicted molar refractivity (Wildman–Crippen MR) is 123 cm³/mol. The van der Waals surface area contributed by atoms with Crippen LogP contribution in [0.4, 0.5) is 4.79 Å². The fraction of sp³-hybridized carbons (Fsp3) is 0.429. The molecular weight excluding hydrogens is 456 g/mol. The minimum Gasteiger partial charge on any atom is -0.495 e. The lowest BCUT2D eigenvalue weighted by atomic mass is 10.2. The van der Waals surface area contributed by atoms with Gasteiger partial charge in [-0.05, 0) is 31.9 Å². The third-order valence-electron chi connectivity index (χ3n) is 5.38. The average molecular weight is 483 g/mol. The molecule has 1 N–H and O–H groups in total. The third-order valence-corrected chi connectivity index (χ3v) is 7.40. The van der Waals surface area contributed by atoms with Gasteiger partial charge < -0.3 is 14.4 Å². The van der Waals surface area contributed by atoms with Crippen molar-refractivity contribution in [3.8, 4) is 11.6 Å². The highest BCUT2D eigenvalue weighted by atomic mass is 35.5. The molecule has 0 aliphatic rings. The molecule has 3 aromatic rings. The van der Waals surface area contributed by atoms with E-state index in [1.165, 1.54) is 7.11 Å². The van der Waals surface area contributed by atoms with Gasteiger partial charge in [-0.3, -0.25) is 4.68 Å². The van der Waals surface area contributed by atoms with Crippen LogP contribution >= 0.6 is 11.6 Å². The van der Waals surface area contributed by atoms with E-state index in [-0.39, 0.29) is 18.7 Å². The Balaban J connectivity index is 2.00. The third kappa shape index (κ3) is 4.56. The second-order valence-electron chi connectivity index (χ2n) is 7.52. The van der Waals surface area contributed by atoms with Crippen molar-refractivity contribution in [2.24, 2.45) is 7.05 Å². The lowest BCUT2D eigenvalue weighted by molar-refractivity contribution is 0.172. The molecule has 0 spiro atoms. The molecule has 2 heterocycles. The SMILES string of the molecule is CCCCN(C(=O)O)S(=O)(=O)CCc1c(C)nn(C)c1-n1ccc2cc(Cl)c(OC)cc21. The van der Waals surface area contributed by atoms with Gasteiger partial charge in [0.2, 0.25) is 10.0 Å². The molecule has 32 heavy (non-hydrogen) atoms. The number of nitrogens with zero attached hydrogens (tertiary/aromatic N) is 4. The molecule has 3 rings (SSSR count). The number of halogens is 1. The maximum atomic E-state index is 12.8. The molecule has 0 saturated heterocycles. The Kier molecular flexibility index (Phi) is 7.04. The molecule has 11 heteroatoms. The van der Waals surface area contributed by atoms with E-state index < -0.39 is 16.1 Å². The standard InChI is InChI=1S/C21H27ClN4O5S/c1-5-6-9-26(21(27)28)32(29,30)11-8-16-14(2)23-24(3)20(16)25-10-7-15-12-17(22)19(31-4)13-18(15)25/h7,10,12-13H,5-6,8-9,11H2,1-4H3,(H,27,28). The summed E-state index contributed by atoms with van der Waals surface area (Å²) in [6.45, 7) is 3.64. The number of sulfonamides is 1. The van der Waals surface area contributed by atoms with E-state index in [9.17, 15) is 18.3 Å². The number of fused-ring (bicyclic) bond motifs is 1. The van der Waals surface area contributed by atoms with Crippen LogP contribution in [0.5, 0.6) is 5.75 Å². The van der Waals surface area contributed by atoms with E-state index in [1.807, 2.05) is 29.8 Å². The molecule has 174 valence electrons. The molecule has 1 aromatic carbocycles. The van der Waals surface area contributed by atoms with Crippen LogP contribution in [0.15, 0.2) is 24.4 Å². The first kappa shape index (κ1) is 23.9. The molecule has 0 aliphatic carbocycles. The number of amides is 1. The topological polar surface area (TPSA) is 107 Å². The van der Waals surface area contributed by atoms with Crippen molar-refractivity contribution in [1.82, 2.24) is 18.7 Å². The second-order valence-corrected chi connectivity index (χ2v) is 9.94. The van der Waals surface area contributed by atoms with Crippen LogP contribution in [-0.4, -0.2) is 57.7 Å². The lowest BCUT2D eigenvalue weighted by Gasteiger charge is -2.19. The maximum Gasteiger partial charge on any atom is 0.421 e. The fourth-order valence-electron chi connectivity index (χ4n) is 3.76. The van der Waals surface area contributed by atoms with E-state index in [4.69, 9.17) is 16.3 Å². The van der Waals surface area contributed by atoms with Gasteiger partial charge in [0.05, 0.1) is 29.1 Å². The summed E-state index contributed by atoms with van der Waals surface area (Å²) in [6, 6.07) is 5.52. The number of ether oxygens (including phenoxy) is 1. The van der Waals surface area contributed by atoms with Gasteiger partial charge in [0.1, 0.15) is 11.6 Å². The number of rotatable bonds is 9. The molecule has 9 nitrogen and oxygen atoms in total. The first-order valence-corrected chi connectivity index (χ1v) is 12.2. The van der Waals surface area contributed by atoms with E-state index in [1.54, 1.807) is 24.7 Å². The summed E-state index contributed by atoms with van der Waals surface area (Å²) in [7, 11) is -0.673. The second kappa shape index (κ2) is 9.41. The highest BCUT2D eigenvalue weighted by molar-refractivity contribution is 7.89. The summed E-state index contributed by atoms with van der Waals surface area (Å²) in [5, 5.41) is 15.3. The zero-order valence-corrected chi connectivity index (χ0v) is 20.1. The summed E-state index contributed by atoms with van der Waals surface area (Å²) in [6.07, 6.45) is 1.70. The molecule has 2 aromatic heterocycles. The smallest absolute Gasteiger partial charge is 0.421 e. The normalized spacial score (nSPS) is 11.8. The van der Waals surface area contributed by atoms with Crippen molar-refractivity contribution in [3.05, 3.63) is 40.7 Å². The number of aromatic nitrogens is 3. The zero-order chi connectivity index (χ0) is 23.6. The monoisotopic (exact) mass is 482 g/mol. The number of methoxy groups -OCH3 is 1. The van der Waals surface area contributed by atoms with Crippen LogP contribution in [0.25, 0.3) is 16.7 Å². The molecule has 0 aliphatic heterocycles. The van der Waals surface area contributed by atoms with Gasteiger partial charge in [-0.2, -0.15) is 5.10 Å². The Morgan fingerprint density at radius 1 is 1.34 bits per heavy atom. The van der Waals surface area contributed by atoms with Crippen LogP contribution in [0.1, 0.15) is 31.0 Å². The molecule has 0 atom stereocenters. The molecule has 0 bridgehead atoms. The zero-order valence-electron chi connectivity index (χ0n) is 18.5. The van der Waals surface area contributed by atoms with E-state index in [0.29, 0.717) is 39.4 Å². The number of carboxylic acid groups (broad SMARTS) is 1. The lowest BCUT2D eigenvalue weighted by Crippen LogP contribution is -2.38. The first-order valence-electron chi connectivity index (χ1n) is 10.2. The van der Waals surface area contributed by atoms with Gasteiger partial charge in [-0.15, -0.1) is 0 Å². The van der Waals surface area contributed by atoms with Gasteiger partial charge in [0, 0.05) is 36.8 Å². The summed E-state index contributed by atoms with van der Waals surface area (Å²) < 4.78 is 35.0. The fourth-order valence-corrected chi connectivity index (χ4v) is 5.33. The Hall–Kier alpha value is -2.72. The summed E-state index contributed by atoms with van der Waals surface area (Å²) in [5.74, 6) is 0.888. The molecule has 0 fully saturated rings. The molecule has 1 amide bonds. The number of aryl methyl sites for hydroxylation is 2. The molecule has 0 unspecified atom stereocenters. The number of unbranched alkanes of at least 4 members (excludes halogenated alkanes) is 1. The quantitative estimate of drug-likeness (QED) is 0.494. The Labute approximate surface area is 192 Å². The molecular formula is C21H27ClN4O5S. The first-order chi connectivity index (χ1) is 15.1. The van der Waals surface area contributed by atoms with Crippen LogP contribution in [0, 0.1) is 6.92 Å². The Morgan fingerprint density at radius 3 is 2.69 bits per heavy atom. The summed E-state index contributed by atoms with van der Waals surface area (Å²) in [5.41, 5.74) is 2.23. The van der Waals surface area contributed by atoms with E-state index in [0.717, 1.165) is 16.5 Å². The van der Waals surface area contributed by atoms with Crippen molar-refractivity contribution in [1.29, 1.82) is 0 Å². The molecule has 0 radical (unpaired) electrons. The minimum atomic E-state index is -3.99. The number of hydrogen-bond acceptors (Lipinski definition) is 5. The van der Waals surface area contributed by atoms with Gasteiger partial charge in [-0.1, -0.05) is 24.9 Å². The molecule has 0 saturated carbocycles. The van der Waals surface area contributed by atoms with Crippen LogP contribution < -0.4 is 4.74 Å². The van der Waals surface area contributed by atoms with E-state index >= 15 is 0 Å². The van der Waals surface area contributed by atoms with Gasteiger partial charge in [0.25, 0.3) is 0 Å². The summed E-state index contributed by atoms with van der Waals surface area (Å²) in [4.78, 5) is 11.5. The highest BCUT2D eigenvalue weighted by Gasteiger charge is 2.28. The minimum absolute atomic E-state index is 0.0458. The average Bonchev–Trinajstić information content (AvgIpc) is 3.24. The van der Waals surface area contributed by atoms with Gasteiger partial charge >= 0.3 is 6.09 Å². The van der Waals surface area contributed by atoms with E-state index in [2.05, 4.69) is 5.10 Å². The highest BCUT2D eigenvalue weighted by Crippen LogP contribution is 2.33. The van der Waals surface area contributed by atoms with Gasteiger partial charge in [0.15, 0.2) is 0 Å². The van der Waals surface area contributed by atoms with Crippen molar-refractivity contribution >= 4 is 38.6 Å². The number of benzene rings is 1. The Morgan fingerprint density at radius 2 is 2.06 bits per heavy atom. The van der Waals surface area contributed by atoms with Crippen molar-refractivity contribution in [3.63, 3.8) is 0 Å².